The number of anilines is 1. The normalized spacial score (nSPS) is 11.6. The zero-order chi connectivity index (χ0) is 17.2. The van der Waals surface area contributed by atoms with Gasteiger partial charge in [-0.25, -0.2) is 13.4 Å². The van der Waals surface area contributed by atoms with Crippen LogP contribution in [0.5, 0.6) is 5.75 Å². The first kappa shape index (κ1) is 17.1. The Bertz CT molecular complexity index is 950. The first-order valence-electron chi connectivity index (χ1n) is 7.22. The highest BCUT2D eigenvalue weighted by molar-refractivity contribution is 8.01. The van der Waals surface area contributed by atoms with Crippen LogP contribution in [0.15, 0.2) is 51.7 Å². The summed E-state index contributed by atoms with van der Waals surface area (Å²) in [6.07, 6.45) is 0. The van der Waals surface area contributed by atoms with E-state index in [0.29, 0.717) is 11.4 Å². The number of aromatic nitrogens is 1. The van der Waals surface area contributed by atoms with Crippen molar-refractivity contribution in [2.24, 2.45) is 0 Å². The number of nitrogens with one attached hydrogen (secondary N) is 1. The predicted molar refractivity (Wildman–Crippen MR) is 99.8 cm³/mol. The number of ether oxygens (including phenoxy) is 1. The first-order valence-corrected chi connectivity index (χ1v) is 10.5. The molecule has 0 saturated heterocycles. The summed E-state index contributed by atoms with van der Waals surface area (Å²) in [5, 5.41) is 0. The van der Waals surface area contributed by atoms with Gasteiger partial charge in [0, 0.05) is 0 Å². The maximum atomic E-state index is 12.5. The van der Waals surface area contributed by atoms with Crippen molar-refractivity contribution < 1.29 is 13.2 Å². The summed E-state index contributed by atoms with van der Waals surface area (Å²) < 4.78 is 34.6. The van der Waals surface area contributed by atoms with E-state index in [-0.39, 0.29) is 4.90 Å². The molecule has 1 aromatic heterocycles. The highest BCUT2D eigenvalue weighted by Gasteiger charge is 2.15. The Morgan fingerprint density at radius 3 is 2.62 bits per heavy atom. The van der Waals surface area contributed by atoms with E-state index in [1.807, 2.05) is 12.1 Å². The number of thioether (sulfide) groups is 1. The van der Waals surface area contributed by atoms with E-state index in [4.69, 9.17) is 4.74 Å². The number of nitrogens with zero attached hydrogens (tertiary/aromatic N) is 1. The predicted octanol–water partition coefficient (Wildman–Crippen LogP) is 4.22. The SMILES string of the molecule is CCSc1nc2ccc(NS(=O)(=O)c3ccc(OC)cc3)cc2s1. The maximum Gasteiger partial charge on any atom is 0.261 e. The number of benzene rings is 2. The Labute approximate surface area is 149 Å². The van der Waals surface area contributed by atoms with Crippen LogP contribution in [0.2, 0.25) is 0 Å². The molecule has 5 nitrogen and oxygen atoms in total. The van der Waals surface area contributed by atoms with Gasteiger partial charge in [-0.05, 0) is 48.2 Å². The first-order chi connectivity index (χ1) is 11.5. The second-order valence-electron chi connectivity index (χ2n) is 4.88. The summed E-state index contributed by atoms with van der Waals surface area (Å²) in [6, 6.07) is 11.6. The summed E-state index contributed by atoms with van der Waals surface area (Å²) in [4.78, 5) is 4.70. The molecule has 3 rings (SSSR count). The van der Waals surface area contributed by atoms with Gasteiger partial charge in [0.2, 0.25) is 0 Å². The molecule has 0 atom stereocenters. The van der Waals surface area contributed by atoms with Crippen LogP contribution in [0.1, 0.15) is 6.92 Å². The van der Waals surface area contributed by atoms with E-state index < -0.39 is 10.0 Å². The Morgan fingerprint density at radius 1 is 1.21 bits per heavy atom. The van der Waals surface area contributed by atoms with Crippen LogP contribution in [-0.2, 0) is 10.0 Å². The van der Waals surface area contributed by atoms with Crippen molar-refractivity contribution in [3.05, 3.63) is 42.5 Å². The van der Waals surface area contributed by atoms with Gasteiger partial charge in [0.05, 0.1) is 27.9 Å². The zero-order valence-electron chi connectivity index (χ0n) is 13.1. The van der Waals surface area contributed by atoms with E-state index in [9.17, 15) is 8.42 Å². The summed E-state index contributed by atoms with van der Waals surface area (Å²) >= 11 is 3.24. The number of thiazole rings is 1. The molecule has 0 aliphatic heterocycles. The van der Waals surface area contributed by atoms with E-state index in [1.54, 1.807) is 41.3 Å². The molecule has 0 aliphatic carbocycles. The number of rotatable bonds is 6. The van der Waals surface area contributed by atoms with E-state index in [2.05, 4.69) is 16.6 Å². The van der Waals surface area contributed by atoms with E-state index in [0.717, 1.165) is 20.3 Å². The van der Waals surface area contributed by atoms with Crippen molar-refractivity contribution in [3.63, 3.8) is 0 Å². The number of hydrogen-bond acceptors (Lipinski definition) is 6. The van der Waals surface area contributed by atoms with Crippen LogP contribution in [0, 0.1) is 0 Å². The lowest BCUT2D eigenvalue weighted by molar-refractivity contribution is 0.414. The number of sulfonamides is 1. The molecule has 0 fully saturated rings. The zero-order valence-corrected chi connectivity index (χ0v) is 15.6. The topological polar surface area (TPSA) is 68.3 Å². The summed E-state index contributed by atoms with van der Waals surface area (Å²) in [7, 11) is -2.10. The largest absolute Gasteiger partial charge is 0.497 e. The van der Waals surface area contributed by atoms with Crippen molar-refractivity contribution >= 4 is 49.0 Å². The molecule has 0 spiro atoms. The molecule has 0 saturated carbocycles. The molecule has 3 aromatic rings. The Kier molecular flexibility index (Phi) is 4.98. The second kappa shape index (κ2) is 7.00. The molecule has 1 N–H and O–H groups in total. The Balaban J connectivity index is 1.86. The van der Waals surface area contributed by atoms with Gasteiger partial charge in [0.25, 0.3) is 10.0 Å². The average Bonchev–Trinajstić information content (AvgIpc) is 2.96. The molecule has 8 heteroatoms. The molecule has 2 aromatic carbocycles. The minimum atomic E-state index is -3.64. The molecule has 0 amide bonds. The Morgan fingerprint density at radius 2 is 1.96 bits per heavy atom. The van der Waals surface area contributed by atoms with Gasteiger partial charge >= 0.3 is 0 Å². The van der Waals surface area contributed by atoms with Crippen molar-refractivity contribution in [1.82, 2.24) is 4.98 Å². The molecule has 24 heavy (non-hydrogen) atoms. The van der Waals surface area contributed by atoms with Crippen molar-refractivity contribution in [3.8, 4) is 5.75 Å². The fraction of sp³-hybridized carbons (Fsp3) is 0.188. The van der Waals surface area contributed by atoms with Gasteiger partial charge in [-0.1, -0.05) is 18.7 Å². The fourth-order valence-corrected chi connectivity index (χ4v) is 5.18. The van der Waals surface area contributed by atoms with E-state index >= 15 is 0 Å². The standard InChI is InChI=1S/C16H16N2O3S3/c1-3-22-16-17-14-9-4-11(10-15(14)23-16)18-24(19,20)13-7-5-12(21-2)6-8-13/h4-10,18H,3H2,1-2H3. The van der Waals surface area contributed by atoms with Crippen molar-refractivity contribution in [2.45, 2.75) is 16.2 Å². The third-order valence-corrected chi connectivity index (χ3v) is 6.70. The van der Waals surface area contributed by atoms with Crippen LogP contribution in [-0.4, -0.2) is 26.3 Å². The summed E-state index contributed by atoms with van der Waals surface area (Å²) in [5.41, 5.74) is 1.40. The smallest absolute Gasteiger partial charge is 0.261 e. The van der Waals surface area contributed by atoms with Gasteiger partial charge < -0.3 is 4.74 Å². The molecule has 0 unspecified atom stereocenters. The van der Waals surface area contributed by atoms with Gasteiger partial charge in [0.15, 0.2) is 4.34 Å². The molecule has 126 valence electrons. The summed E-state index contributed by atoms with van der Waals surface area (Å²) in [6.45, 7) is 2.07. The third-order valence-electron chi connectivity index (χ3n) is 3.26. The number of fused-ring (bicyclic) bond motifs is 1. The lowest BCUT2D eigenvalue weighted by Crippen LogP contribution is -2.12. The van der Waals surface area contributed by atoms with Gasteiger partial charge in [-0.2, -0.15) is 0 Å². The van der Waals surface area contributed by atoms with Crippen LogP contribution in [0.25, 0.3) is 10.2 Å². The molecule has 0 radical (unpaired) electrons. The van der Waals surface area contributed by atoms with Crippen molar-refractivity contribution in [1.29, 1.82) is 0 Å². The third kappa shape index (κ3) is 3.66. The van der Waals surface area contributed by atoms with Crippen LogP contribution >= 0.6 is 23.1 Å². The van der Waals surface area contributed by atoms with Gasteiger partial charge in [-0.3, -0.25) is 4.72 Å². The highest BCUT2D eigenvalue weighted by Crippen LogP contribution is 2.31. The minimum Gasteiger partial charge on any atom is -0.497 e. The molecular formula is C16H16N2O3S3. The lowest BCUT2D eigenvalue weighted by atomic mass is 10.3. The number of methoxy groups -OCH3 is 1. The number of hydrogen-bond donors (Lipinski definition) is 1. The minimum absolute atomic E-state index is 0.190. The highest BCUT2D eigenvalue weighted by atomic mass is 32.2. The summed E-state index contributed by atoms with van der Waals surface area (Å²) in [5.74, 6) is 1.57. The van der Waals surface area contributed by atoms with Crippen LogP contribution in [0.4, 0.5) is 5.69 Å². The monoisotopic (exact) mass is 380 g/mol. The molecule has 1 heterocycles. The second-order valence-corrected chi connectivity index (χ2v) is 9.10. The quantitative estimate of drug-likeness (QED) is 0.649. The Hall–Kier alpha value is -1.77. The van der Waals surface area contributed by atoms with Crippen LogP contribution < -0.4 is 9.46 Å². The molecule has 0 aliphatic rings. The fourth-order valence-electron chi connectivity index (χ4n) is 2.12. The lowest BCUT2D eigenvalue weighted by Gasteiger charge is -2.08. The van der Waals surface area contributed by atoms with E-state index in [1.165, 1.54) is 19.2 Å². The maximum absolute atomic E-state index is 12.5. The van der Waals surface area contributed by atoms with Crippen LogP contribution in [0.3, 0.4) is 0 Å². The van der Waals surface area contributed by atoms with Crippen molar-refractivity contribution in [2.75, 3.05) is 17.6 Å². The van der Waals surface area contributed by atoms with Gasteiger partial charge in [0.1, 0.15) is 5.75 Å². The molecular weight excluding hydrogens is 364 g/mol. The average molecular weight is 381 g/mol. The molecule has 0 bridgehead atoms. The van der Waals surface area contributed by atoms with Gasteiger partial charge in [-0.15, -0.1) is 11.3 Å².